The fraction of sp³-hybridized carbons (Fsp3) is 0.368. The van der Waals surface area contributed by atoms with Crippen LogP contribution in [0.4, 0.5) is 14.5 Å². The Morgan fingerprint density at radius 3 is 2.53 bits per heavy atom. The summed E-state index contributed by atoms with van der Waals surface area (Å²) in [6, 6.07) is 1.18. The summed E-state index contributed by atoms with van der Waals surface area (Å²) in [5.41, 5.74) is 1.79. The Labute approximate surface area is 169 Å². The van der Waals surface area contributed by atoms with E-state index in [-0.39, 0.29) is 34.9 Å². The van der Waals surface area contributed by atoms with Crippen molar-refractivity contribution in [3.63, 3.8) is 0 Å². The molecule has 2 N–H and O–H groups in total. The van der Waals surface area contributed by atoms with Gasteiger partial charge in [-0.15, -0.1) is 0 Å². The van der Waals surface area contributed by atoms with Crippen LogP contribution in [0.2, 0.25) is 0 Å². The number of methoxy groups -OCH3 is 2. The number of nitro groups is 1. The highest BCUT2D eigenvalue weighted by Crippen LogP contribution is 2.41. The van der Waals surface area contributed by atoms with Crippen LogP contribution >= 0.6 is 0 Å². The Balaban J connectivity index is 1.75. The van der Waals surface area contributed by atoms with Crippen molar-refractivity contribution in [3.05, 3.63) is 50.8 Å². The smallest absolute Gasteiger partial charge is 0.316 e. The SMILES string of the molecule is COc1cc(OC)c(F)c(C2CCCc3c(-c4[nH]ncc4[N+](=O)[O-])n[nH]c3C2)c1F. The highest BCUT2D eigenvalue weighted by atomic mass is 19.1. The lowest BCUT2D eigenvalue weighted by Crippen LogP contribution is -2.10. The predicted octanol–water partition coefficient (Wildman–Crippen LogP) is 3.67. The lowest BCUT2D eigenvalue weighted by atomic mass is 9.90. The molecule has 0 bridgehead atoms. The van der Waals surface area contributed by atoms with Gasteiger partial charge in [-0.3, -0.25) is 20.3 Å². The number of nitrogens with one attached hydrogen (secondary N) is 2. The van der Waals surface area contributed by atoms with Gasteiger partial charge in [-0.25, -0.2) is 8.78 Å². The third kappa shape index (κ3) is 3.15. The van der Waals surface area contributed by atoms with Gasteiger partial charge in [-0.05, 0) is 31.6 Å². The number of hydrogen-bond donors (Lipinski definition) is 2. The van der Waals surface area contributed by atoms with E-state index in [2.05, 4.69) is 20.4 Å². The third-order valence-electron chi connectivity index (χ3n) is 5.45. The first kappa shape index (κ1) is 19.8. The molecule has 0 radical (unpaired) electrons. The molecule has 1 aliphatic carbocycles. The van der Waals surface area contributed by atoms with E-state index in [4.69, 9.17) is 9.47 Å². The van der Waals surface area contributed by atoms with Gasteiger partial charge < -0.3 is 9.47 Å². The molecule has 2 aromatic heterocycles. The Hall–Kier alpha value is -3.50. The Kier molecular flexibility index (Phi) is 5.10. The quantitative estimate of drug-likeness (QED) is 0.370. The lowest BCUT2D eigenvalue weighted by molar-refractivity contribution is -0.384. The van der Waals surface area contributed by atoms with Crippen LogP contribution in [0.1, 0.15) is 35.6 Å². The minimum absolute atomic E-state index is 0.0916. The van der Waals surface area contributed by atoms with E-state index >= 15 is 0 Å². The molecule has 0 saturated carbocycles. The van der Waals surface area contributed by atoms with Crippen molar-refractivity contribution in [2.45, 2.75) is 31.6 Å². The van der Waals surface area contributed by atoms with Crippen molar-refractivity contribution in [2.75, 3.05) is 14.2 Å². The molecule has 11 heteroatoms. The predicted molar refractivity (Wildman–Crippen MR) is 102 cm³/mol. The first-order chi connectivity index (χ1) is 14.5. The van der Waals surface area contributed by atoms with E-state index in [1.54, 1.807) is 0 Å². The Bertz CT molecular complexity index is 1080. The topological polar surface area (TPSA) is 119 Å². The molecule has 4 rings (SSSR count). The summed E-state index contributed by atoms with van der Waals surface area (Å²) in [6.45, 7) is 0. The van der Waals surface area contributed by atoms with Crippen LogP contribution in [-0.2, 0) is 12.8 Å². The van der Waals surface area contributed by atoms with Crippen LogP contribution in [-0.4, -0.2) is 39.5 Å². The maximum absolute atomic E-state index is 15.0. The number of rotatable bonds is 5. The van der Waals surface area contributed by atoms with E-state index in [9.17, 15) is 18.9 Å². The van der Waals surface area contributed by atoms with Crippen LogP contribution in [0.3, 0.4) is 0 Å². The van der Waals surface area contributed by atoms with Crippen molar-refractivity contribution in [1.29, 1.82) is 0 Å². The van der Waals surface area contributed by atoms with Crippen molar-refractivity contribution in [2.24, 2.45) is 0 Å². The van der Waals surface area contributed by atoms with Gasteiger partial charge in [0.25, 0.3) is 0 Å². The zero-order chi connectivity index (χ0) is 21.4. The van der Waals surface area contributed by atoms with E-state index in [0.717, 1.165) is 11.8 Å². The first-order valence-corrected chi connectivity index (χ1v) is 9.30. The minimum atomic E-state index is -0.756. The largest absolute Gasteiger partial charge is 0.494 e. The van der Waals surface area contributed by atoms with Gasteiger partial charge in [0.15, 0.2) is 28.8 Å². The van der Waals surface area contributed by atoms with Gasteiger partial charge in [0.05, 0.1) is 19.1 Å². The zero-order valence-electron chi connectivity index (χ0n) is 16.3. The summed E-state index contributed by atoms with van der Waals surface area (Å²) in [6.07, 6.45) is 3.09. The van der Waals surface area contributed by atoms with Gasteiger partial charge in [-0.1, -0.05) is 0 Å². The molecule has 0 spiro atoms. The molecule has 30 heavy (non-hydrogen) atoms. The second kappa shape index (κ2) is 7.73. The van der Waals surface area contributed by atoms with Crippen LogP contribution < -0.4 is 9.47 Å². The highest BCUT2D eigenvalue weighted by molar-refractivity contribution is 5.69. The van der Waals surface area contributed by atoms with Gasteiger partial charge >= 0.3 is 5.69 Å². The Morgan fingerprint density at radius 1 is 1.20 bits per heavy atom. The van der Waals surface area contributed by atoms with E-state index in [0.29, 0.717) is 30.7 Å². The number of H-pyrrole nitrogens is 2. The fourth-order valence-electron chi connectivity index (χ4n) is 4.02. The second-order valence-corrected chi connectivity index (χ2v) is 7.03. The molecule has 3 aromatic rings. The van der Waals surface area contributed by atoms with Gasteiger partial charge in [0.2, 0.25) is 0 Å². The summed E-state index contributed by atoms with van der Waals surface area (Å²) in [7, 11) is 2.62. The average Bonchev–Trinajstić information content (AvgIpc) is 3.30. The number of nitrogens with zero attached hydrogens (tertiary/aromatic N) is 3. The molecular weight excluding hydrogens is 400 g/mol. The number of benzene rings is 1. The standard InChI is InChI=1S/C19H19F2N5O4/c1-29-13-7-14(30-2)17(21)15(16(13)20)9-4-3-5-10-11(6-9)23-25-18(10)19-12(26(27)28)8-22-24-19/h7-9H,3-6H2,1-2H3,(H,22,24)(H,23,25). The van der Waals surface area contributed by atoms with Crippen molar-refractivity contribution in [3.8, 4) is 22.9 Å². The molecule has 0 saturated heterocycles. The Morgan fingerprint density at radius 2 is 1.90 bits per heavy atom. The van der Waals surface area contributed by atoms with E-state index < -0.39 is 22.5 Å². The molecule has 1 aromatic carbocycles. The number of hydrogen-bond acceptors (Lipinski definition) is 6. The molecule has 0 aliphatic heterocycles. The van der Waals surface area contributed by atoms with Gasteiger partial charge in [0.1, 0.15) is 11.9 Å². The van der Waals surface area contributed by atoms with Crippen molar-refractivity contribution < 1.29 is 23.2 Å². The second-order valence-electron chi connectivity index (χ2n) is 7.03. The summed E-state index contributed by atoms with van der Waals surface area (Å²) >= 11 is 0. The number of aromatic nitrogens is 4. The summed E-state index contributed by atoms with van der Waals surface area (Å²) in [5.74, 6) is -2.18. The van der Waals surface area contributed by atoms with Crippen LogP contribution in [0.25, 0.3) is 11.4 Å². The summed E-state index contributed by atoms with van der Waals surface area (Å²) in [4.78, 5) is 10.7. The molecule has 9 nitrogen and oxygen atoms in total. The maximum Gasteiger partial charge on any atom is 0.316 e. The zero-order valence-corrected chi connectivity index (χ0v) is 16.3. The highest BCUT2D eigenvalue weighted by Gasteiger charge is 2.32. The molecule has 2 heterocycles. The van der Waals surface area contributed by atoms with E-state index in [1.165, 1.54) is 20.3 Å². The summed E-state index contributed by atoms with van der Waals surface area (Å²) < 4.78 is 40.1. The average molecular weight is 419 g/mol. The molecule has 158 valence electrons. The molecular formula is C19H19F2N5O4. The lowest BCUT2D eigenvalue weighted by Gasteiger charge is -2.19. The normalized spacial score (nSPS) is 16.1. The molecule has 1 atom stereocenters. The van der Waals surface area contributed by atoms with Gasteiger partial charge in [-0.2, -0.15) is 10.2 Å². The van der Waals surface area contributed by atoms with Crippen LogP contribution in [0.5, 0.6) is 11.5 Å². The first-order valence-electron chi connectivity index (χ1n) is 9.30. The number of aromatic amines is 2. The monoisotopic (exact) mass is 419 g/mol. The van der Waals surface area contributed by atoms with Gasteiger partial charge in [0, 0.05) is 22.9 Å². The number of halogens is 2. The summed E-state index contributed by atoms with van der Waals surface area (Å²) in [5, 5.41) is 24.7. The van der Waals surface area contributed by atoms with Crippen LogP contribution in [0, 0.1) is 21.7 Å². The number of fused-ring (bicyclic) bond motifs is 1. The molecule has 0 fully saturated rings. The van der Waals surface area contributed by atoms with Crippen LogP contribution in [0.15, 0.2) is 12.3 Å². The van der Waals surface area contributed by atoms with E-state index in [1.807, 2.05) is 0 Å². The minimum Gasteiger partial charge on any atom is -0.494 e. The molecule has 0 amide bonds. The third-order valence-corrected chi connectivity index (χ3v) is 5.45. The number of ether oxygens (including phenoxy) is 2. The molecule has 1 unspecified atom stereocenters. The fourth-order valence-corrected chi connectivity index (χ4v) is 4.02. The molecule has 1 aliphatic rings. The van der Waals surface area contributed by atoms with Crippen molar-refractivity contribution in [1.82, 2.24) is 20.4 Å². The maximum atomic E-state index is 15.0. The van der Waals surface area contributed by atoms with Crippen molar-refractivity contribution >= 4 is 5.69 Å².